The second-order valence-corrected chi connectivity index (χ2v) is 4.88. The van der Waals surface area contributed by atoms with Crippen LogP contribution in [0.3, 0.4) is 0 Å². The van der Waals surface area contributed by atoms with Crippen LogP contribution in [0.4, 0.5) is 0 Å². The summed E-state index contributed by atoms with van der Waals surface area (Å²) < 4.78 is 0. The molecule has 3 nitrogen and oxygen atoms in total. The fraction of sp³-hybridized carbons (Fsp3) is 0.235. The summed E-state index contributed by atoms with van der Waals surface area (Å²) in [7, 11) is 0. The van der Waals surface area contributed by atoms with Crippen molar-refractivity contribution in [1.82, 2.24) is 0 Å². The van der Waals surface area contributed by atoms with Crippen LogP contribution in [-0.4, -0.2) is 28.7 Å². The zero-order valence-corrected chi connectivity index (χ0v) is 11.4. The minimum Gasteiger partial charge on any atom is -0.394 e. The van der Waals surface area contributed by atoms with Gasteiger partial charge in [0.15, 0.2) is 5.78 Å². The van der Waals surface area contributed by atoms with Gasteiger partial charge in [-0.2, -0.15) is 0 Å². The number of rotatable bonds is 5. The first kappa shape index (κ1) is 14.4. The monoisotopic (exact) mass is 270 g/mol. The third kappa shape index (κ3) is 3.32. The highest BCUT2D eigenvalue weighted by molar-refractivity contribution is 6.09. The van der Waals surface area contributed by atoms with Gasteiger partial charge in [0.05, 0.1) is 12.7 Å². The van der Waals surface area contributed by atoms with E-state index < -0.39 is 6.10 Å². The van der Waals surface area contributed by atoms with Crippen molar-refractivity contribution >= 4 is 5.78 Å². The number of aliphatic hydroxyl groups excluding tert-OH is 2. The summed E-state index contributed by atoms with van der Waals surface area (Å²) in [6.45, 7) is 1.62. The van der Waals surface area contributed by atoms with Crippen LogP contribution in [0.25, 0.3) is 0 Å². The molecule has 0 spiro atoms. The molecule has 3 heteroatoms. The summed E-state index contributed by atoms with van der Waals surface area (Å²) >= 11 is 0. The molecular formula is C17H18O3. The average Bonchev–Trinajstić information content (AvgIpc) is 2.47. The van der Waals surface area contributed by atoms with Gasteiger partial charge < -0.3 is 10.2 Å². The molecular weight excluding hydrogens is 252 g/mol. The van der Waals surface area contributed by atoms with E-state index in [0.29, 0.717) is 17.5 Å². The highest BCUT2D eigenvalue weighted by Crippen LogP contribution is 2.17. The van der Waals surface area contributed by atoms with Crippen molar-refractivity contribution in [3.05, 3.63) is 70.8 Å². The van der Waals surface area contributed by atoms with Crippen molar-refractivity contribution in [2.45, 2.75) is 19.4 Å². The summed E-state index contributed by atoms with van der Waals surface area (Å²) in [6.07, 6.45) is -0.373. The maximum atomic E-state index is 12.4. The molecule has 0 aliphatic heterocycles. The van der Waals surface area contributed by atoms with Crippen LogP contribution in [0.5, 0.6) is 0 Å². The zero-order valence-electron chi connectivity index (χ0n) is 11.4. The van der Waals surface area contributed by atoms with E-state index in [1.807, 2.05) is 37.3 Å². The van der Waals surface area contributed by atoms with E-state index in [4.69, 9.17) is 5.11 Å². The summed E-state index contributed by atoms with van der Waals surface area (Å²) in [5.74, 6) is -0.00245. The van der Waals surface area contributed by atoms with Gasteiger partial charge in [-0.15, -0.1) is 0 Å². The summed E-state index contributed by atoms with van der Waals surface area (Å²) in [5, 5.41) is 18.3. The van der Waals surface area contributed by atoms with E-state index in [1.54, 1.807) is 18.2 Å². The van der Waals surface area contributed by atoms with Gasteiger partial charge >= 0.3 is 0 Å². The fourth-order valence-electron chi connectivity index (χ4n) is 2.19. The molecule has 0 aliphatic carbocycles. The lowest BCUT2D eigenvalue weighted by molar-refractivity contribution is 0.0955. The van der Waals surface area contributed by atoms with Crippen LogP contribution in [0, 0.1) is 6.92 Å². The maximum Gasteiger partial charge on any atom is 0.193 e. The Morgan fingerprint density at radius 2 is 1.85 bits per heavy atom. The normalized spacial score (nSPS) is 12.2. The second kappa shape index (κ2) is 6.46. The molecule has 1 atom stereocenters. The van der Waals surface area contributed by atoms with Gasteiger partial charge in [0.25, 0.3) is 0 Å². The Hall–Kier alpha value is -1.97. The number of aryl methyl sites for hydroxylation is 1. The number of carbonyl (C=O) groups excluding carboxylic acids is 1. The minimum absolute atomic E-state index is 0.00245. The van der Waals surface area contributed by atoms with Crippen molar-refractivity contribution in [1.29, 1.82) is 0 Å². The van der Waals surface area contributed by atoms with E-state index >= 15 is 0 Å². The van der Waals surface area contributed by atoms with E-state index in [1.165, 1.54) is 0 Å². The van der Waals surface area contributed by atoms with Crippen molar-refractivity contribution < 1.29 is 15.0 Å². The Kier molecular flexibility index (Phi) is 4.66. The van der Waals surface area contributed by atoms with Crippen LogP contribution < -0.4 is 0 Å². The highest BCUT2D eigenvalue weighted by atomic mass is 16.3. The van der Waals surface area contributed by atoms with Gasteiger partial charge in [0.2, 0.25) is 0 Å². The van der Waals surface area contributed by atoms with Crippen LogP contribution in [0.1, 0.15) is 27.0 Å². The largest absolute Gasteiger partial charge is 0.394 e. The summed E-state index contributed by atoms with van der Waals surface area (Å²) in [4.78, 5) is 12.4. The van der Waals surface area contributed by atoms with Crippen molar-refractivity contribution in [3.63, 3.8) is 0 Å². The molecule has 0 radical (unpaired) electrons. The Bertz CT molecular complexity index is 590. The Labute approximate surface area is 118 Å². The number of hydrogen-bond donors (Lipinski definition) is 2. The van der Waals surface area contributed by atoms with Crippen LogP contribution in [0.15, 0.2) is 48.5 Å². The van der Waals surface area contributed by atoms with E-state index in [0.717, 1.165) is 11.1 Å². The molecule has 0 aliphatic rings. The van der Waals surface area contributed by atoms with Gasteiger partial charge in [-0.3, -0.25) is 4.79 Å². The molecule has 2 aromatic rings. The molecule has 104 valence electrons. The maximum absolute atomic E-state index is 12.4. The quantitative estimate of drug-likeness (QED) is 0.818. The van der Waals surface area contributed by atoms with Crippen molar-refractivity contribution in [2.24, 2.45) is 0 Å². The van der Waals surface area contributed by atoms with Gasteiger partial charge in [-0.25, -0.2) is 0 Å². The standard InChI is InChI=1S/C17H18O3/c1-12-9-13(10-15(19)11-18)7-8-16(12)17(20)14-5-3-2-4-6-14/h2-9,15,18-19H,10-11H2,1H3. The topological polar surface area (TPSA) is 57.5 Å². The molecule has 0 bridgehead atoms. The third-order valence-electron chi connectivity index (χ3n) is 3.25. The number of ketones is 1. The predicted octanol–water partition coefficient (Wildman–Crippen LogP) is 2.12. The molecule has 2 aromatic carbocycles. The van der Waals surface area contributed by atoms with Gasteiger partial charge in [-0.05, 0) is 18.1 Å². The highest BCUT2D eigenvalue weighted by Gasteiger charge is 2.12. The molecule has 1 unspecified atom stereocenters. The van der Waals surface area contributed by atoms with Gasteiger partial charge in [-0.1, -0.05) is 48.5 Å². The number of hydrogen-bond acceptors (Lipinski definition) is 3. The predicted molar refractivity (Wildman–Crippen MR) is 77.9 cm³/mol. The summed E-state index contributed by atoms with van der Waals surface area (Å²) in [5.41, 5.74) is 3.12. The van der Waals surface area contributed by atoms with E-state index in [9.17, 15) is 9.90 Å². The fourth-order valence-corrected chi connectivity index (χ4v) is 2.19. The number of aliphatic hydroxyl groups is 2. The Balaban J connectivity index is 2.24. The second-order valence-electron chi connectivity index (χ2n) is 4.88. The Morgan fingerprint density at radius 1 is 1.15 bits per heavy atom. The number of carbonyl (C=O) groups is 1. The molecule has 20 heavy (non-hydrogen) atoms. The van der Waals surface area contributed by atoms with Crippen LogP contribution >= 0.6 is 0 Å². The molecule has 2 N–H and O–H groups in total. The Morgan fingerprint density at radius 3 is 2.45 bits per heavy atom. The SMILES string of the molecule is Cc1cc(CC(O)CO)ccc1C(=O)c1ccccc1. The lowest BCUT2D eigenvalue weighted by Crippen LogP contribution is -2.15. The first-order valence-corrected chi connectivity index (χ1v) is 6.60. The van der Waals surface area contributed by atoms with Crippen molar-refractivity contribution in [2.75, 3.05) is 6.61 Å². The zero-order chi connectivity index (χ0) is 14.5. The molecule has 0 saturated carbocycles. The smallest absolute Gasteiger partial charge is 0.193 e. The van der Waals surface area contributed by atoms with E-state index in [2.05, 4.69) is 0 Å². The van der Waals surface area contributed by atoms with Crippen molar-refractivity contribution in [3.8, 4) is 0 Å². The summed E-state index contributed by atoms with van der Waals surface area (Å²) in [6, 6.07) is 14.6. The average molecular weight is 270 g/mol. The van der Waals surface area contributed by atoms with Gasteiger partial charge in [0, 0.05) is 17.5 Å². The molecule has 0 fully saturated rings. The molecule has 2 rings (SSSR count). The van der Waals surface area contributed by atoms with Crippen LogP contribution in [-0.2, 0) is 6.42 Å². The van der Waals surface area contributed by atoms with Gasteiger partial charge in [0.1, 0.15) is 0 Å². The first-order chi connectivity index (χ1) is 9.61. The minimum atomic E-state index is -0.759. The first-order valence-electron chi connectivity index (χ1n) is 6.60. The van der Waals surface area contributed by atoms with E-state index in [-0.39, 0.29) is 12.4 Å². The molecule has 0 aromatic heterocycles. The van der Waals surface area contributed by atoms with Crippen LogP contribution in [0.2, 0.25) is 0 Å². The third-order valence-corrected chi connectivity index (χ3v) is 3.25. The lowest BCUT2D eigenvalue weighted by Gasteiger charge is -2.10. The molecule has 0 heterocycles. The molecule has 0 saturated heterocycles. The number of benzene rings is 2. The lowest BCUT2D eigenvalue weighted by atomic mass is 9.96. The molecule has 0 amide bonds.